The van der Waals surface area contributed by atoms with E-state index in [1.165, 1.54) is 0 Å². The van der Waals surface area contributed by atoms with E-state index in [9.17, 15) is 13.7 Å². The molecule has 1 aliphatic heterocycles. The highest BCUT2D eigenvalue weighted by atomic mass is 32.2. The Hall–Kier alpha value is -1.62. The van der Waals surface area contributed by atoms with Crippen molar-refractivity contribution < 1.29 is 13.2 Å². The molecule has 1 aromatic carbocycles. The van der Waals surface area contributed by atoms with Gasteiger partial charge < -0.3 is 4.74 Å². The maximum absolute atomic E-state index is 12.3. The number of nitrogens with zero attached hydrogens (tertiary/aromatic N) is 3. The van der Waals surface area contributed by atoms with Crippen molar-refractivity contribution in [3.8, 4) is 11.8 Å². The topological polar surface area (TPSA) is 73.6 Å². The fourth-order valence-corrected chi connectivity index (χ4v) is 4.61. The van der Waals surface area contributed by atoms with E-state index in [2.05, 4.69) is 6.07 Å². The Kier molecular flexibility index (Phi) is 7.24. The van der Waals surface area contributed by atoms with Crippen LogP contribution in [0.25, 0.3) is 0 Å². The van der Waals surface area contributed by atoms with Crippen molar-refractivity contribution >= 4 is 10.0 Å². The second-order valence-electron chi connectivity index (χ2n) is 6.14. The first-order chi connectivity index (χ1) is 12.0. The van der Waals surface area contributed by atoms with Crippen LogP contribution in [0.5, 0.6) is 5.75 Å². The van der Waals surface area contributed by atoms with Crippen LogP contribution in [0.4, 0.5) is 0 Å². The van der Waals surface area contributed by atoms with Crippen molar-refractivity contribution in [3.63, 3.8) is 0 Å². The van der Waals surface area contributed by atoms with Gasteiger partial charge in [0, 0.05) is 26.2 Å². The number of nitriles is 1. The van der Waals surface area contributed by atoms with Crippen molar-refractivity contribution in [1.82, 2.24) is 9.21 Å². The Morgan fingerprint density at radius 1 is 1.16 bits per heavy atom. The van der Waals surface area contributed by atoms with Gasteiger partial charge in [0.05, 0.1) is 18.4 Å². The molecule has 0 N–H and O–H groups in total. The van der Waals surface area contributed by atoms with E-state index >= 15 is 0 Å². The predicted octanol–water partition coefficient (Wildman–Crippen LogP) is 2.40. The number of benzene rings is 1. The summed E-state index contributed by atoms with van der Waals surface area (Å²) >= 11 is 0. The van der Waals surface area contributed by atoms with Crippen LogP contribution in [-0.4, -0.2) is 56.2 Å². The molecule has 2 rings (SSSR count). The van der Waals surface area contributed by atoms with Gasteiger partial charge in [-0.2, -0.15) is 9.57 Å². The smallest absolute Gasteiger partial charge is 0.214 e. The van der Waals surface area contributed by atoms with Crippen molar-refractivity contribution in [3.05, 3.63) is 29.8 Å². The second-order valence-corrected chi connectivity index (χ2v) is 8.23. The number of hydrogen-bond acceptors (Lipinski definition) is 5. The van der Waals surface area contributed by atoms with Gasteiger partial charge in [-0.3, -0.25) is 4.90 Å². The molecular weight excluding hydrogens is 338 g/mol. The average molecular weight is 365 g/mol. The van der Waals surface area contributed by atoms with Gasteiger partial charge in [-0.1, -0.05) is 25.5 Å². The monoisotopic (exact) mass is 365 g/mol. The Morgan fingerprint density at radius 2 is 1.80 bits per heavy atom. The molecule has 0 saturated carbocycles. The summed E-state index contributed by atoms with van der Waals surface area (Å²) in [6.07, 6.45) is 1.56. The summed E-state index contributed by atoms with van der Waals surface area (Å²) in [7, 11) is -3.17. The van der Waals surface area contributed by atoms with Gasteiger partial charge in [0.25, 0.3) is 0 Å². The van der Waals surface area contributed by atoms with Gasteiger partial charge in [0.15, 0.2) is 0 Å². The summed E-state index contributed by atoms with van der Waals surface area (Å²) in [6.45, 7) is 6.55. The number of ether oxygens (including phenoxy) is 1. The van der Waals surface area contributed by atoms with E-state index in [0.717, 1.165) is 17.7 Å². The molecule has 1 saturated heterocycles. The minimum atomic E-state index is -3.17. The standard InChI is InChI=1S/C18H27N3O3S/c1-3-5-14-25(22,23)21-12-10-20(11-13-21)18(15-19)16-6-8-17(9-7-16)24-4-2/h6-9,18H,3-5,10-14H2,1-2H3. The highest BCUT2D eigenvalue weighted by Crippen LogP contribution is 2.24. The molecule has 138 valence electrons. The van der Waals surface area contributed by atoms with Crippen LogP contribution in [0, 0.1) is 11.3 Å². The maximum atomic E-state index is 12.3. The average Bonchev–Trinajstić information content (AvgIpc) is 2.63. The highest BCUT2D eigenvalue weighted by molar-refractivity contribution is 7.89. The first kappa shape index (κ1) is 19.7. The zero-order chi connectivity index (χ0) is 18.3. The van der Waals surface area contributed by atoms with Gasteiger partial charge in [0.1, 0.15) is 11.8 Å². The van der Waals surface area contributed by atoms with E-state index in [0.29, 0.717) is 39.2 Å². The third kappa shape index (κ3) is 5.18. The molecule has 0 radical (unpaired) electrons. The fraction of sp³-hybridized carbons (Fsp3) is 0.611. The molecule has 7 heteroatoms. The molecule has 1 fully saturated rings. The molecule has 0 aliphatic carbocycles. The van der Waals surface area contributed by atoms with E-state index in [1.54, 1.807) is 4.31 Å². The maximum Gasteiger partial charge on any atom is 0.214 e. The van der Waals surface area contributed by atoms with Gasteiger partial charge >= 0.3 is 0 Å². The minimum absolute atomic E-state index is 0.212. The third-order valence-electron chi connectivity index (χ3n) is 4.42. The number of piperazine rings is 1. The van der Waals surface area contributed by atoms with Crippen LogP contribution < -0.4 is 4.74 Å². The van der Waals surface area contributed by atoms with Gasteiger partial charge in [-0.25, -0.2) is 8.42 Å². The second kappa shape index (κ2) is 9.18. The summed E-state index contributed by atoms with van der Waals surface area (Å²) in [5.74, 6) is 0.999. The van der Waals surface area contributed by atoms with Crippen LogP contribution in [-0.2, 0) is 10.0 Å². The quantitative estimate of drug-likeness (QED) is 0.707. The van der Waals surface area contributed by atoms with Crippen molar-refractivity contribution in [1.29, 1.82) is 5.26 Å². The molecule has 1 aromatic rings. The Balaban J connectivity index is 1.99. The van der Waals surface area contributed by atoms with Crippen LogP contribution >= 0.6 is 0 Å². The van der Waals surface area contributed by atoms with Crippen LogP contribution in [0.3, 0.4) is 0 Å². The zero-order valence-electron chi connectivity index (χ0n) is 15.0. The van der Waals surface area contributed by atoms with E-state index < -0.39 is 10.0 Å². The molecule has 25 heavy (non-hydrogen) atoms. The van der Waals surface area contributed by atoms with Crippen LogP contribution in [0.15, 0.2) is 24.3 Å². The Labute approximate surface area is 151 Å². The molecular formula is C18H27N3O3S. The predicted molar refractivity (Wildman–Crippen MR) is 97.8 cm³/mol. The summed E-state index contributed by atoms with van der Waals surface area (Å²) in [4.78, 5) is 2.04. The number of unbranched alkanes of at least 4 members (excludes halogenated alkanes) is 1. The zero-order valence-corrected chi connectivity index (χ0v) is 15.8. The Morgan fingerprint density at radius 3 is 2.32 bits per heavy atom. The summed E-state index contributed by atoms with van der Waals surface area (Å²) in [5.41, 5.74) is 0.910. The van der Waals surface area contributed by atoms with Crippen molar-refractivity contribution in [2.75, 3.05) is 38.5 Å². The lowest BCUT2D eigenvalue weighted by Gasteiger charge is -2.36. The third-order valence-corrected chi connectivity index (χ3v) is 6.37. The number of hydrogen-bond donors (Lipinski definition) is 0. The molecule has 6 nitrogen and oxygen atoms in total. The number of rotatable bonds is 8. The molecule has 1 heterocycles. The molecule has 0 spiro atoms. The summed E-state index contributed by atoms with van der Waals surface area (Å²) in [5, 5.41) is 9.59. The van der Waals surface area contributed by atoms with Crippen LogP contribution in [0.1, 0.15) is 38.3 Å². The Bertz CT molecular complexity index is 675. The largest absolute Gasteiger partial charge is 0.494 e. The normalized spacial score (nSPS) is 17.8. The molecule has 0 bridgehead atoms. The summed E-state index contributed by atoms with van der Waals surface area (Å²) < 4.78 is 31.6. The number of sulfonamides is 1. The van der Waals surface area contributed by atoms with Gasteiger partial charge in [-0.15, -0.1) is 0 Å². The van der Waals surface area contributed by atoms with Crippen molar-refractivity contribution in [2.24, 2.45) is 0 Å². The van der Waals surface area contributed by atoms with Crippen molar-refractivity contribution in [2.45, 2.75) is 32.7 Å². The van der Waals surface area contributed by atoms with E-state index in [1.807, 2.05) is 43.0 Å². The summed E-state index contributed by atoms with van der Waals surface area (Å²) in [6, 6.07) is 9.53. The lowest BCUT2D eigenvalue weighted by Crippen LogP contribution is -2.50. The first-order valence-electron chi connectivity index (χ1n) is 8.86. The highest BCUT2D eigenvalue weighted by Gasteiger charge is 2.30. The molecule has 0 aromatic heterocycles. The molecule has 1 aliphatic rings. The minimum Gasteiger partial charge on any atom is -0.494 e. The van der Waals surface area contributed by atoms with Gasteiger partial charge in [0.2, 0.25) is 10.0 Å². The molecule has 1 atom stereocenters. The molecule has 0 amide bonds. The van der Waals surface area contributed by atoms with Gasteiger partial charge in [-0.05, 0) is 31.0 Å². The lowest BCUT2D eigenvalue weighted by molar-refractivity contribution is 0.162. The first-order valence-corrected chi connectivity index (χ1v) is 10.5. The van der Waals surface area contributed by atoms with E-state index in [-0.39, 0.29) is 11.8 Å². The SMILES string of the molecule is CCCCS(=O)(=O)N1CCN(C(C#N)c2ccc(OCC)cc2)CC1. The molecule has 1 unspecified atom stereocenters. The fourth-order valence-electron chi connectivity index (χ4n) is 2.98. The van der Waals surface area contributed by atoms with Crippen LogP contribution in [0.2, 0.25) is 0 Å². The lowest BCUT2D eigenvalue weighted by atomic mass is 10.1. The van der Waals surface area contributed by atoms with E-state index in [4.69, 9.17) is 4.74 Å².